The van der Waals surface area contributed by atoms with E-state index in [0.717, 1.165) is 16.9 Å². The van der Waals surface area contributed by atoms with Crippen molar-refractivity contribution in [2.75, 3.05) is 5.32 Å². The second-order valence-corrected chi connectivity index (χ2v) is 6.95. The first kappa shape index (κ1) is 17.0. The Morgan fingerprint density at radius 2 is 1.81 bits per heavy atom. The molecule has 0 amide bonds. The Labute approximate surface area is 158 Å². The number of aromatic nitrogens is 2. The lowest BCUT2D eigenvalue weighted by molar-refractivity contribution is 0.0950. The molecular weight excluding hydrogens is 334 g/mol. The highest BCUT2D eigenvalue weighted by Gasteiger charge is 2.33. The molecule has 4 heteroatoms. The lowest BCUT2D eigenvalue weighted by Gasteiger charge is -2.30. The largest absolute Gasteiger partial charge is 0.338 e. The zero-order valence-corrected chi connectivity index (χ0v) is 15.2. The van der Waals surface area contributed by atoms with Crippen LogP contribution < -0.4 is 5.32 Å². The van der Waals surface area contributed by atoms with E-state index in [0.29, 0.717) is 12.2 Å². The van der Waals surface area contributed by atoms with Crippen molar-refractivity contribution in [3.63, 3.8) is 0 Å². The van der Waals surface area contributed by atoms with Gasteiger partial charge in [-0.3, -0.25) is 4.79 Å². The van der Waals surface area contributed by atoms with Gasteiger partial charge in [0.25, 0.3) is 5.91 Å². The van der Waals surface area contributed by atoms with Crippen LogP contribution in [0.2, 0.25) is 0 Å². The maximum atomic E-state index is 12.4. The molecule has 0 saturated carbocycles. The van der Waals surface area contributed by atoms with Crippen molar-refractivity contribution in [3.8, 4) is 0 Å². The number of hydrogen-bond acceptors (Lipinski definition) is 3. The van der Waals surface area contributed by atoms with Crippen LogP contribution in [0, 0.1) is 0 Å². The van der Waals surface area contributed by atoms with Crippen LogP contribution >= 0.6 is 0 Å². The summed E-state index contributed by atoms with van der Waals surface area (Å²) in [6, 6.07) is 20.2. The molecule has 0 fully saturated rings. The highest BCUT2D eigenvalue weighted by Crippen LogP contribution is 2.38. The molecular formula is C23H21N3O. The van der Waals surface area contributed by atoms with Crippen molar-refractivity contribution in [2.45, 2.75) is 18.8 Å². The second kappa shape index (κ2) is 6.72. The Kier molecular flexibility index (Phi) is 4.24. The fourth-order valence-electron chi connectivity index (χ4n) is 3.52. The number of nitrogens with one attached hydrogen (secondary N) is 1. The summed E-state index contributed by atoms with van der Waals surface area (Å²) in [4.78, 5) is 12.4. The normalized spacial score (nSPS) is 18.0. The van der Waals surface area contributed by atoms with Gasteiger partial charge in [0.15, 0.2) is 5.82 Å². The molecule has 0 saturated heterocycles. The van der Waals surface area contributed by atoms with Crippen molar-refractivity contribution in [3.05, 3.63) is 96.2 Å². The van der Waals surface area contributed by atoms with E-state index in [1.54, 1.807) is 0 Å². The zero-order chi connectivity index (χ0) is 18.9. The van der Waals surface area contributed by atoms with Crippen molar-refractivity contribution in [2.24, 2.45) is 0 Å². The number of carbonyl (C=O) groups excluding carboxylic acids is 1. The van der Waals surface area contributed by atoms with Gasteiger partial charge in [0.05, 0.1) is 5.69 Å². The van der Waals surface area contributed by atoms with Gasteiger partial charge < -0.3 is 5.32 Å². The van der Waals surface area contributed by atoms with Gasteiger partial charge in [0, 0.05) is 23.1 Å². The molecule has 0 bridgehead atoms. The Balaban J connectivity index is 1.78. The number of nitrogens with zero attached hydrogens (tertiary/aromatic N) is 2. The Bertz CT molecular complexity index is 1020. The smallest absolute Gasteiger partial charge is 0.270 e. The first-order valence-corrected chi connectivity index (χ1v) is 8.96. The monoisotopic (exact) mass is 355 g/mol. The van der Waals surface area contributed by atoms with Crippen LogP contribution in [0.5, 0.6) is 0 Å². The van der Waals surface area contributed by atoms with Crippen LogP contribution in [-0.4, -0.2) is 15.7 Å². The molecule has 27 heavy (non-hydrogen) atoms. The first-order chi connectivity index (χ1) is 13.1. The van der Waals surface area contributed by atoms with E-state index < -0.39 is 0 Å². The van der Waals surface area contributed by atoms with E-state index >= 15 is 0 Å². The number of fused-ring (bicyclic) bond motifs is 1. The molecule has 0 radical (unpaired) electrons. The number of hydrogen-bond donors (Lipinski definition) is 1. The third-order valence-corrected chi connectivity index (χ3v) is 5.03. The molecule has 1 atom stereocenters. The van der Waals surface area contributed by atoms with Crippen LogP contribution in [-0.2, 0) is 11.8 Å². The predicted molar refractivity (Wildman–Crippen MR) is 109 cm³/mol. The van der Waals surface area contributed by atoms with Crippen molar-refractivity contribution in [1.82, 2.24) is 9.78 Å². The summed E-state index contributed by atoms with van der Waals surface area (Å²) >= 11 is 0. The highest BCUT2D eigenvalue weighted by atomic mass is 16.2. The standard InChI is InChI=1S/C23H21N3O/c1-3-21(27)26-20-16-23(2,17-10-6-4-7-11-17)15-14-19(20)22(25-26)24-18-12-8-5-9-13-18/h3-15H,1,16H2,2H3,(H,24,25). The molecule has 4 rings (SSSR count). The van der Waals surface area contributed by atoms with Crippen molar-refractivity contribution < 1.29 is 4.79 Å². The van der Waals surface area contributed by atoms with Gasteiger partial charge >= 0.3 is 0 Å². The Hall–Kier alpha value is -3.40. The summed E-state index contributed by atoms with van der Waals surface area (Å²) in [7, 11) is 0. The number of para-hydroxylation sites is 1. The number of rotatable bonds is 4. The van der Waals surface area contributed by atoms with E-state index in [9.17, 15) is 4.79 Å². The topological polar surface area (TPSA) is 46.9 Å². The molecule has 3 aromatic rings. The molecule has 0 spiro atoms. The maximum absolute atomic E-state index is 12.4. The van der Waals surface area contributed by atoms with Crippen molar-refractivity contribution in [1.29, 1.82) is 0 Å². The van der Waals surface area contributed by atoms with Gasteiger partial charge in [-0.05, 0) is 23.8 Å². The molecule has 2 aromatic carbocycles. The van der Waals surface area contributed by atoms with Crippen LogP contribution in [0.1, 0.15) is 28.5 Å². The molecule has 0 aliphatic heterocycles. The van der Waals surface area contributed by atoms with Gasteiger partial charge in [-0.25, -0.2) is 0 Å². The second-order valence-electron chi connectivity index (χ2n) is 6.95. The molecule has 1 aliphatic rings. The van der Waals surface area contributed by atoms with Crippen LogP contribution in [0.3, 0.4) is 0 Å². The van der Waals surface area contributed by atoms with Gasteiger partial charge in [-0.2, -0.15) is 4.68 Å². The minimum atomic E-state index is -0.224. The molecule has 1 aliphatic carbocycles. The number of allylic oxidation sites excluding steroid dienone is 2. The summed E-state index contributed by atoms with van der Waals surface area (Å²) in [5.74, 6) is 0.454. The average Bonchev–Trinajstić information content (AvgIpc) is 3.06. The summed E-state index contributed by atoms with van der Waals surface area (Å²) < 4.78 is 1.47. The summed E-state index contributed by atoms with van der Waals surface area (Å²) in [5, 5.41) is 7.88. The Morgan fingerprint density at radius 1 is 1.15 bits per heavy atom. The van der Waals surface area contributed by atoms with Gasteiger partial charge in [0.2, 0.25) is 0 Å². The van der Waals surface area contributed by atoms with E-state index in [-0.39, 0.29) is 11.3 Å². The SMILES string of the molecule is C=CC(=O)n1nc(Nc2ccccc2)c2c1CC(C)(c1ccccc1)C=C2. The van der Waals surface area contributed by atoms with Gasteiger partial charge in [-0.1, -0.05) is 74.2 Å². The summed E-state index contributed by atoms with van der Waals surface area (Å²) in [5.41, 5.74) is 3.79. The third-order valence-electron chi connectivity index (χ3n) is 5.03. The number of benzene rings is 2. The van der Waals surface area contributed by atoms with Crippen LogP contribution in [0.15, 0.2) is 79.4 Å². The minimum absolute atomic E-state index is 0.197. The van der Waals surface area contributed by atoms with E-state index in [2.05, 4.69) is 48.2 Å². The minimum Gasteiger partial charge on any atom is -0.338 e. The molecule has 134 valence electrons. The Morgan fingerprint density at radius 3 is 2.48 bits per heavy atom. The molecule has 1 N–H and O–H groups in total. The average molecular weight is 355 g/mol. The van der Waals surface area contributed by atoms with E-state index in [1.165, 1.54) is 16.3 Å². The van der Waals surface area contributed by atoms with Crippen molar-refractivity contribution >= 4 is 23.5 Å². The highest BCUT2D eigenvalue weighted by molar-refractivity contribution is 5.91. The lowest BCUT2D eigenvalue weighted by atomic mass is 9.75. The summed E-state index contributed by atoms with van der Waals surface area (Å²) in [6.07, 6.45) is 6.26. The van der Waals surface area contributed by atoms with Crippen LogP contribution in [0.25, 0.3) is 6.08 Å². The number of carbonyl (C=O) groups is 1. The fourth-order valence-corrected chi connectivity index (χ4v) is 3.52. The van der Waals surface area contributed by atoms with E-state index in [1.807, 2.05) is 48.5 Å². The van der Waals surface area contributed by atoms with Gasteiger partial charge in [0.1, 0.15) is 0 Å². The quantitative estimate of drug-likeness (QED) is 0.672. The van der Waals surface area contributed by atoms with Gasteiger partial charge in [-0.15, -0.1) is 5.10 Å². The molecule has 1 unspecified atom stereocenters. The molecule has 1 aromatic heterocycles. The maximum Gasteiger partial charge on any atom is 0.270 e. The predicted octanol–water partition coefficient (Wildman–Crippen LogP) is 4.98. The van der Waals surface area contributed by atoms with E-state index in [4.69, 9.17) is 0 Å². The fraction of sp³-hybridized carbons (Fsp3) is 0.130. The molecule has 1 heterocycles. The van der Waals surface area contributed by atoms with Crippen LogP contribution in [0.4, 0.5) is 11.5 Å². The molecule has 4 nitrogen and oxygen atoms in total. The zero-order valence-electron chi connectivity index (χ0n) is 15.2. The lowest BCUT2D eigenvalue weighted by Crippen LogP contribution is -2.27. The summed E-state index contributed by atoms with van der Waals surface area (Å²) in [6.45, 7) is 5.81. The number of anilines is 2. The third kappa shape index (κ3) is 3.10. The first-order valence-electron chi connectivity index (χ1n) is 8.96.